The van der Waals surface area contributed by atoms with Gasteiger partial charge in [0.15, 0.2) is 0 Å². The van der Waals surface area contributed by atoms with E-state index in [2.05, 4.69) is 15.6 Å². The van der Waals surface area contributed by atoms with Crippen LogP contribution in [-0.2, 0) is 0 Å². The zero-order valence-corrected chi connectivity index (χ0v) is 13.5. The van der Waals surface area contributed by atoms with E-state index < -0.39 is 17.6 Å². The van der Waals surface area contributed by atoms with Gasteiger partial charge in [-0.3, -0.25) is 4.98 Å². The van der Waals surface area contributed by atoms with E-state index in [0.29, 0.717) is 25.1 Å². The van der Waals surface area contributed by atoms with Gasteiger partial charge in [0.2, 0.25) is 0 Å². The third-order valence-corrected chi connectivity index (χ3v) is 3.95. The van der Waals surface area contributed by atoms with Crippen molar-refractivity contribution in [2.45, 2.75) is 44.9 Å². The highest BCUT2D eigenvalue weighted by Gasteiger charge is 2.45. The van der Waals surface area contributed by atoms with Crippen LogP contribution in [0.2, 0.25) is 0 Å². The van der Waals surface area contributed by atoms with Crippen LogP contribution >= 0.6 is 0 Å². The van der Waals surface area contributed by atoms with Gasteiger partial charge in [-0.1, -0.05) is 0 Å². The first-order valence-electron chi connectivity index (χ1n) is 7.83. The number of aliphatic hydroxyl groups excluding tert-OH is 2. The highest BCUT2D eigenvalue weighted by atomic mass is 16.5. The second-order valence-electron chi connectivity index (χ2n) is 6.50. The molecule has 7 nitrogen and oxygen atoms in total. The fourth-order valence-electron chi connectivity index (χ4n) is 2.81. The molecule has 1 aliphatic carbocycles. The lowest BCUT2D eigenvalue weighted by molar-refractivity contribution is 0.0438. The first-order valence-corrected chi connectivity index (χ1v) is 7.83. The fraction of sp³-hybridized carbons (Fsp3) is 0.625. The summed E-state index contributed by atoms with van der Waals surface area (Å²) in [7, 11) is 0. The summed E-state index contributed by atoms with van der Waals surface area (Å²) in [5.74, 6) is 0.620. The predicted octanol–water partition coefficient (Wildman–Crippen LogP) is 0.670. The lowest BCUT2D eigenvalue weighted by Crippen LogP contribution is -2.46. The molecular formula is C16H25N3O4. The Bertz CT molecular complexity index is 499. The number of carbonyl (C=O) groups is 1. The van der Waals surface area contributed by atoms with Gasteiger partial charge in [0, 0.05) is 24.2 Å². The number of amides is 2. The summed E-state index contributed by atoms with van der Waals surface area (Å²) >= 11 is 0. The molecule has 2 atom stereocenters. The second-order valence-corrected chi connectivity index (χ2v) is 6.50. The number of nitrogens with zero attached hydrogens (tertiary/aromatic N) is 1. The maximum absolute atomic E-state index is 11.8. The number of ether oxygens (including phenoxy) is 1. The normalized spacial score (nSPS) is 27.0. The first kappa shape index (κ1) is 17.5. The Kier molecular flexibility index (Phi) is 5.79. The van der Waals surface area contributed by atoms with Gasteiger partial charge in [-0.05, 0) is 38.8 Å². The van der Waals surface area contributed by atoms with Gasteiger partial charge >= 0.3 is 6.03 Å². The summed E-state index contributed by atoms with van der Waals surface area (Å²) in [6, 6.07) is 3.34. The number of carbonyl (C=O) groups excluding carboxylic acids is 1. The molecule has 2 amide bonds. The van der Waals surface area contributed by atoms with Crippen LogP contribution < -0.4 is 15.4 Å². The zero-order chi connectivity index (χ0) is 16.9. The van der Waals surface area contributed by atoms with E-state index in [9.17, 15) is 15.0 Å². The third-order valence-electron chi connectivity index (χ3n) is 3.95. The number of nitrogens with one attached hydrogen (secondary N) is 2. The molecule has 1 aliphatic rings. The quantitative estimate of drug-likeness (QED) is 0.616. The molecule has 0 saturated heterocycles. The largest absolute Gasteiger partial charge is 0.491 e. The highest BCUT2D eigenvalue weighted by Crippen LogP contribution is 2.38. The molecule has 1 saturated carbocycles. The molecule has 23 heavy (non-hydrogen) atoms. The van der Waals surface area contributed by atoms with Gasteiger partial charge in [-0.2, -0.15) is 0 Å². The molecule has 0 spiro atoms. The van der Waals surface area contributed by atoms with Gasteiger partial charge in [-0.15, -0.1) is 0 Å². The van der Waals surface area contributed by atoms with Gasteiger partial charge in [0.1, 0.15) is 5.75 Å². The summed E-state index contributed by atoms with van der Waals surface area (Å²) in [6.45, 7) is 4.36. The van der Waals surface area contributed by atoms with Crippen molar-refractivity contribution in [3.63, 3.8) is 0 Å². The molecule has 1 aromatic rings. The minimum absolute atomic E-state index is 0.0392. The van der Waals surface area contributed by atoms with Crippen molar-refractivity contribution >= 4 is 6.03 Å². The lowest BCUT2D eigenvalue weighted by atomic mass is 9.86. The van der Waals surface area contributed by atoms with Crippen molar-refractivity contribution in [1.29, 1.82) is 0 Å². The van der Waals surface area contributed by atoms with E-state index in [-0.39, 0.29) is 18.7 Å². The van der Waals surface area contributed by atoms with E-state index in [1.54, 1.807) is 24.5 Å². The maximum atomic E-state index is 11.8. The lowest BCUT2D eigenvalue weighted by Gasteiger charge is -2.29. The second kappa shape index (κ2) is 7.61. The summed E-state index contributed by atoms with van der Waals surface area (Å²) in [5, 5.41) is 25.4. The zero-order valence-electron chi connectivity index (χ0n) is 13.5. The average Bonchev–Trinajstić information content (AvgIpc) is 2.79. The number of rotatable bonds is 6. The maximum Gasteiger partial charge on any atom is 0.315 e. The molecule has 0 aromatic carbocycles. The molecule has 0 radical (unpaired) electrons. The van der Waals surface area contributed by atoms with Crippen LogP contribution in [0.4, 0.5) is 4.79 Å². The molecule has 1 fully saturated rings. The van der Waals surface area contributed by atoms with Crippen molar-refractivity contribution in [2.24, 2.45) is 5.41 Å². The predicted molar refractivity (Wildman–Crippen MR) is 85.1 cm³/mol. The number of aromatic nitrogens is 1. The molecule has 1 heterocycles. The first-order chi connectivity index (χ1) is 10.9. The van der Waals surface area contributed by atoms with Gasteiger partial charge in [0.05, 0.1) is 25.0 Å². The summed E-state index contributed by atoms with van der Waals surface area (Å²) in [5.41, 5.74) is -0.511. The van der Waals surface area contributed by atoms with Crippen LogP contribution in [0.15, 0.2) is 24.5 Å². The van der Waals surface area contributed by atoms with Crippen LogP contribution in [0.1, 0.15) is 26.7 Å². The Morgan fingerprint density at radius 2 is 2.13 bits per heavy atom. The van der Waals surface area contributed by atoms with E-state index in [1.165, 1.54) is 0 Å². The van der Waals surface area contributed by atoms with Crippen molar-refractivity contribution in [2.75, 3.05) is 13.2 Å². The smallest absolute Gasteiger partial charge is 0.315 e. The summed E-state index contributed by atoms with van der Waals surface area (Å²) in [6.07, 6.45) is 2.40. The van der Waals surface area contributed by atoms with E-state index in [4.69, 9.17) is 4.74 Å². The number of pyridine rings is 1. The van der Waals surface area contributed by atoms with Crippen LogP contribution in [0.3, 0.4) is 0 Å². The molecule has 7 heteroatoms. The average molecular weight is 323 g/mol. The van der Waals surface area contributed by atoms with Gasteiger partial charge < -0.3 is 25.6 Å². The monoisotopic (exact) mass is 323 g/mol. The molecule has 128 valence electrons. The van der Waals surface area contributed by atoms with Crippen LogP contribution in [0, 0.1) is 5.41 Å². The Labute approximate surface area is 136 Å². The third kappa shape index (κ3) is 5.07. The Hall–Kier alpha value is -1.86. The van der Waals surface area contributed by atoms with Crippen molar-refractivity contribution in [1.82, 2.24) is 15.6 Å². The SMILES string of the molecule is CC(C)NC(=O)NCC1(COc2cccnc2)CC(O)C(O)C1. The van der Waals surface area contributed by atoms with E-state index >= 15 is 0 Å². The van der Waals surface area contributed by atoms with Crippen molar-refractivity contribution < 1.29 is 19.7 Å². The Morgan fingerprint density at radius 3 is 2.70 bits per heavy atom. The molecule has 2 unspecified atom stereocenters. The molecule has 1 aromatic heterocycles. The number of hydrogen-bond acceptors (Lipinski definition) is 5. The molecule has 2 rings (SSSR count). The van der Waals surface area contributed by atoms with Gasteiger partial charge in [-0.25, -0.2) is 4.79 Å². The van der Waals surface area contributed by atoms with Crippen LogP contribution in [0.25, 0.3) is 0 Å². The van der Waals surface area contributed by atoms with Gasteiger partial charge in [0.25, 0.3) is 0 Å². The fourth-order valence-corrected chi connectivity index (χ4v) is 2.81. The molecule has 0 bridgehead atoms. The standard InChI is InChI=1S/C16H25N3O4/c1-11(2)19-15(22)18-9-16(6-13(20)14(21)7-16)10-23-12-4-3-5-17-8-12/h3-5,8,11,13-14,20-21H,6-7,9-10H2,1-2H3,(H2,18,19,22). The minimum Gasteiger partial charge on any atom is -0.491 e. The van der Waals surface area contributed by atoms with E-state index in [0.717, 1.165) is 0 Å². The highest BCUT2D eigenvalue weighted by molar-refractivity contribution is 5.74. The van der Waals surface area contributed by atoms with Crippen LogP contribution in [0.5, 0.6) is 5.75 Å². The summed E-state index contributed by atoms with van der Waals surface area (Å²) < 4.78 is 5.75. The number of hydrogen-bond donors (Lipinski definition) is 4. The topological polar surface area (TPSA) is 104 Å². The van der Waals surface area contributed by atoms with Crippen LogP contribution in [-0.4, -0.2) is 52.6 Å². The molecule has 4 N–H and O–H groups in total. The Morgan fingerprint density at radius 1 is 1.43 bits per heavy atom. The number of aliphatic hydroxyl groups is 2. The van der Waals surface area contributed by atoms with Crippen molar-refractivity contribution in [3.05, 3.63) is 24.5 Å². The number of urea groups is 1. The summed E-state index contributed by atoms with van der Waals surface area (Å²) in [4.78, 5) is 15.8. The Balaban J connectivity index is 1.97. The minimum atomic E-state index is -0.803. The molecular weight excluding hydrogens is 298 g/mol. The van der Waals surface area contributed by atoms with E-state index in [1.807, 2.05) is 13.8 Å². The van der Waals surface area contributed by atoms with Crippen molar-refractivity contribution in [3.8, 4) is 5.75 Å². The molecule has 0 aliphatic heterocycles.